The van der Waals surface area contributed by atoms with E-state index in [-0.39, 0.29) is 5.56 Å². The highest BCUT2D eigenvalue weighted by Crippen LogP contribution is 2.28. The third kappa shape index (κ3) is 3.88. The fraction of sp³-hybridized carbons (Fsp3) is 0.235. The molecular formula is C17H16F2O2. The first kappa shape index (κ1) is 15.2. The molecule has 0 aliphatic carbocycles. The average molecular weight is 290 g/mol. The predicted octanol–water partition coefficient (Wildman–Crippen LogP) is 4.91. The third-order valence-electron chi connectivity index (χ3n) is 3.12. The summed E-state index contributed by atoms with van der Waals surface area (Å²) in [4.78, 5) is 10.5. The first-order chi connectivity index (χ1) is 10.1. The van der Waals surface area contributed by atoms with Crippen molar-refractivity contribution in [3.8, 4) is 11.5 Å². The van der Waals surface area contributed by atoms with Crippen molar-refractivity contribution in [3.05, 3.63) is 59.2 Å². The Kier molecular flexibility index (Phi) is 5.04. The van der Waals surface area contributed by atoms with Crippen molar-refractivity contribution in [2.75, 3.05) is 0 Å². The quantitative estimate of drug-likeness (QED) is 0.706. The van der Waals surface area contributed by atoms with Crippen molar-refractivity contribution in [2.45, 2.75) is 26.2 Å². The number of rotatable bonds is 6. The molecule has 0 spiro atoms. The van der Waals surface area contributed by atoms with Gasteiger partial charge in [-0.2, -0.15) is 0 Å². The Hall–Kier alpha value is -2.23. The van der Waals surface area contributed by atoms with E-state index >= 15 is 0 Å². The summed E-state index contributed by atoms with van der Waals surface area (Å²) in [7, 11) is 0. The normalized spacial score (nSPS) is 10.4. The highest BCUT2D eigenvalue weighted by atomic mass is 19.1. The lowest BCUT2D eigenvalue weighted by Gasteiger charge is -2.09. The van der Waals surface area contributed by atoms with Crippen LogP contribution in [0.5, 0.6) is 11.5 Å². The number of halogens is 2. The standard InChI is InChI=1S/C17H16F2O2/c1-2-3-4-12-5-7-14(8-6-12)21-17-15(18)9-13(11-20)10-16(17)19/h5-11H,2-4H2,1H3. The molecule has 4 heteroatoms. The summed E-state index contributed by atoms with van der Waals surface area (Å²) >= 11 is 0. The van der Waals surface area contributed by atoms with Gasteiger partial charge in [0.05, 0.1) is 0 Å². The molecule has 0 aromatic heterocycles. The molecule has 0 amide bonds. The topological polar surface area (TPSA) is 26.3 Å². The Balaban J connectivity index is 2.16. The minimum atomic E-state index is -0.896. The molecule has 110 valence electrons. The summed E-state index contributed by atoms with van der Waals surface area (Å²) < 4.78 is 32.6. The lowest BCUT2D eigenvalue weighted by molar-refractivity contribution is 0.112. The van der Waals surface area contributed by atoms with E-state index in [2.05, 4.69) is 6.92 Å². The van der Waals surface area contributed by atoms with Crippen LogP contribution in [-0.2, 0) is 6.42 Å². The van der Waals surface area contributed by atoms with Gasteiger partial charge in [0.2, 0.25) is 0 Å². The molecule has 0 saturated carbocycles. The Morgan fingerprint density at radius 2 is 1.71 bits per heavy atom. The number of ether oxygens (including phenoxy) is 1. The molecule has 0 saturated heterocycles. The first-order valence-corrected chi connectivity index (χ1v) is 6.85. The Morgan fingerprint density at radius 1 is 1.10 bits per heavy atom. The van der Waals surface area contributed by atoms with E-state index in [4.69, 9.17) is 4.74 Å². The number of carbonyl (C=O) groups excluding carboxylic acids is 1. The van der Waals surface area contributed by atoms with Crippen LogP contribution >= 0.6 is 0 Å². The lowest BCUT2D eigenvalue weighted by atomic mass is 10.1. The van der Waals surface area contributed by atoms with Crippen molar-refractivity contribution >= 4 is 6.29 Å². The van der Waals surface area contributed by atoms with Crippen LogP contribution in [0.15, 0.2) is 36.4 Å². The maximum Gasteiger partial charge on any atom is 0.198 e. The molecule has 2 aromatic carbocycles. The summed E-state index contributed by atoms with van der Waals surface area (Å²) in [5.74, 6) is -1.94. The van der Waals surface area contributed by atoms with Crippen LogP contribution in [0.1, 0.15) is 35.7 Å². The molecule has 0 bridgehead atoms. The summed E-state index contributed by atoms with van der Waals surface area (Å²) in [6.45, 7) is 2.12. The van der Waals surface area contributed by atoms with Gasteiger partial charge in [-0.25, -0.2) is 8.78 Å². The van der Waals surface area contributed by atoms with E-state index in [9.17, 15) is 13.6 Å². The summed E-state index contributed by atoms with van der Waals surface area (Å²) in [6, 6.07) is 9.00. The third-order valence-corrected chi connectivity index (χ3v) is 3.12. The summed E-state index contributed by atoms with van der Waals surface area (Å²) in [6.07, 6.45) is 3.56. The van der Waals surface area contributed by atoms with Crippen LogP contribution in [0.4, 0.5) is 8.78 Å². The monoisotopic (exact) mass is 290 g/mol. The maximum atomic E-state index is 13.7. The molecule has 2 aromatic rings. The highest BCUT2D eigenvalue weighted by Gasteiger charge is 2.13. The van der Waals surface area contributed by atoms with Crippen molar-refractivity contribution < 1.29 is 18.3 Å². The lowest BCUT2D eigenvalue weighted by Crippen LogP contribution is -1.95. The van der Waals surface area contributed by atoms with Gasteiger partial charge >= 0.3 is 0 Å². The fourth-order valence-electron chi connectivity index (χ4n) is 1.97. The summed E-state index contributed by atoms with van der Waals surface area (Å²) in [5, 5.41) is 0. The molecule has 2 nitrogen and oxygen atoms in total. The van der Waals surface area contributed by atoms with E-state index in [1.54, 1.807) is 12.1 Å². The van der Waals surface area contributed by atoms with Gasteiger partial charge < -0.3 is 4.74 Å². The number of aldehydes is 1. The van der Waals surface area contributed by atoms with E-state index in [0.717, 1.165) is 37.0 Å². The molecule has 0 unspecified atom stereocenters. The second-order valence-corrected chi connectivity index (χ2v) is 4.78. The molecular weight excluding hydrogens is 274 g/mol. The molecule has 21 heavy (non-hydrogen) atoms. The minimum absolute atomic E-state index is 0.0627. The predicted molar refractivity (Wildman–Crippen MR) is 76.9 cm³/mol. The molecule has 2 rings (SSSR count). The van der Waals surface area contributed by atoms with Crippen LogP contribution in [0, 0.1) is 11.6 Å². The largest absolute Gasteiger partial charge is 0.451 e. The second-order valence-electron chi connectivity index (χ2n) is 4.78. The Bertz CT molecular complexity index is 598. The zero-order valence-corrected chi connectivity index (χ0v) is 11.7. The Morgan fingerprint density at radius 3 is 2.24 bits per heavy atom. The SMILES string of the molecule is CCCCc1ccc(Oc2c(F)cc(C=O)cc2F)cc1. The van der Waals surface area contributed by atoms with Gasteiger partial charge in [0.15, 0.2) is 17.4 Å². The van der Waals surface area contributed by atoms with Gasteiger partial charge in [0.25, 0.3) is 0 Å². The number of hydrogen-bond donors (Lipinski definition) is 0. The van der Waals surface area contributed by atoms with Crippen LogP contribution in [0.25, 0.3) is 0 Å². The number of hydrogen-bond acceptors (Lipinski definition) is 2. The van der Waals surface area contributed by atoms with Gasteiger partial charge in [0.1, 0.15) is 12.0 Å². The maximum absolute atomic E-state index is 13.7. The smallest absolute Gasteiger partial charge is 0.198 e. The number of benzene rings is 2. The minimum Gasteiger partial charge on any atom is -0.451 e. The van der Waals surface area contributed by atoms with Crippen molar-refractivity contribution in [1.29, 1.82) is 0 Å². The van der Waals surface area contributed by atoms with Crippen LogP contribution < -0.4 is 4.74 Å². The zero-order chi connectivity index (χ0) is 15.2. The molecule has 0 aliphatic heterocycles. The van der Waals surface area contributed by atoms with Gasteiger partial charge in [-0.15, -0.1) is 0 Å². The summed E-state index contributed by atoms with van der Waals surface area (Å²) in [5.41, 5.74) is 1.09. The molecule has 0 radical (unpaired) electrons. The molecule has 0 aliphatic rings. The average Bonchev–Trinajstić information content (AvgIpc) is 2.49. The number of carbonyl (C=O) groups is 1. The van der Waals surface area contributed by atoms with Crippen molar-refractivity contribution in [1.82, 2.24) is 0 Å². The number of aryl methyl sites for hydroxylation is 1. The zero-order valence-electron chi connectivity index (χ0n) is 11.7. The van der Waals surface area contributed by atoms with Crippen LogP contribution in [0.3, 0.4) is 0 Å². The molecule has 0 atom stereocenters. The van der Waals surface area contributed by atoms with Crippen molar-refractivity contribution in [2.24, 2.45) is 0 Å². The second kappa shape index (κ2) is 6.97. The number of unbranched alkanes of at least 4 members (excludes halogenated alkanes) is 1. The van der Waals surface area contributed by atoms with Gasteiger partial charge in [-0.3, -0.25) is 4.79 Å². The Labute approximate surface area is 122 Å². The first-order valence-electron chi connectivity index (χ1n) is 6.85. The van der Waals surface area contributed by atoms with Crippen LogP contribution in [0.2, 0.25) is 0 Å². The molecule has 0 heterocycles. The van der Waals surface area contributed by atoms with Crippen LogP contribution in [-0.4, -0.2) is 6.29 Å². The molecule has 0 fully saturated rings. The van der Waals surface area contributed by atoms with Crippen molar-refractivity contribution in [3.63, 3.8) is 0 Å². The highest BCUT2D eigenvalue weighted by molar-refractivity contribution is 5.75. The van der Waals surface area contributed by atoms with Gasteiger partial charge in [0, 0.05) is 5.56 Å². The van der Waals surface area contributed by atoms with E-state index in [0.29, 0.717) is 12.0 Å². The van der Waals surface area contributed by atoms with E-state index in [1.807, 2.05) is 12.1 Å². The van der Waals surface area contributed by atoms with Gasteiger partial charge in [-0.1, -0.05) is 25.5 Å². The fourth-order valence-corrected chi connectivity index (χ4v) is 1.97. The van der Waals surface area contributed by atoms with E-state index in [1.165, 1.54) is 0 Å². The van der Waals surface area contributed by atoms with E-state index < -0.39 is 17.4 Å². The van der Waals surface area contributed by atoms with Gasteiger partial charge in [-0.05, 0) is 42.7 Å². The molecule has 0 N–H and O–H groups in total.